The van der Waals surface area contributed by atoms with Gasteiger partial charge in [-0.05, 0) is 41.2 Å². The third-order valence-corrected chi connectivity index (χ3v) is 2.82. The highest BCUT2D eigenvalue weighted by Crippen LogP contribution is 2.28. The molecular formula is C13H11BrF2N2O. The molecular weight excluding hydrogens is 318 g/mol. The summed E-state index contributed by atoms with van der Waals surface area (Å²) in [4.78, 5) is 4.06. The fourth-order valence-electron chi connectivity index (χ4n) is 1.54. The second kappa shape index (κ2) is 6.08. The van der Waals surface area contributed by atoms with Crippen LogP contribution in [-0.4, -0.2) is 12.0 Å². The molecule has 0 aliphatic heterocycles. The number of benzene rings is 1. The molecule has 3 nitrogen and oxygen atoms in total. The number of pyridine rings is 1. The number of nitrogens with zero attached hydrogens (tertiary/aromatic N) is 1. The number of ether oxygens (including phenoxy) is 1. The predicted molar refractivity (Wildman–Crippen MR) is 71.1 cm³/mol. The first-order chi connectivity index (χ1) is 9.11. The molecule has 0 radical (unpaired) electrons. The summed E-state index contributed by atoms with van der Waals surface area (Å²) in [5.74, 6) is -1.93. The highest BCUT2D eigenvalue weighted by molar-refractivity contribution is 9.10. The molecule has 0 aliphatic carbocycles. The predicted octanol–water partition coefficient (Wildman–Crippen LogP) is 3.63. The summed E-state index contributed by atoms with van der Waals surface area (Å²) in [5, 5.41) is 2.95. The van der Waals surface area contributed by atoms with Gasteiger partial charge in [0.1, 0.15) is 0 Å². The van der Waals surface area contributed by atoms with E-state index in [4.69, 9.17) is 4.74 Å². The van der Waals surface area contributed by atoms with Gasteiger partial charge >= 0.3 is 0 Å². The van der Waals surface area contributed by atoms with E-state index in [2.05, 4.69) is 26.2 Å². The van der Waals surface area contributed by atoms with Crippen molar-refractivity contribution in [3.63, 3.8) is 0 Å². The van der Waals surface area contributed by atoms with E-state index in [1.54, 1.807) is 13.1 Å². The molecule has 2 aromatic rings. The molecule has 0 atom stereocenters. The Hall–Kier alpha value is -1.53. The first-order valence-electron chi connectivity index (χ1n) is 5.52. The lowest BCUT2D eigenvalue weighted by atomic mass is 10.2. The summed E-state index contributed by atoms with van der Waals surface area (Å²) in [7, 11) is 1.77. The molecule has 1 heterocycles. The lowest BCUT2D eigenvalue weighted by Crippen LogP contribution is -2.07. The van der Waals surface area contributed by atoms with Crippen LogP contribution >= 0.6 is 15.9 Å². The first kappa shape index (κ1) is 13.9. The molecule has 6 heteroatoms. The molecule has 2 rings (SSSR count). The van der Waals surface area contributed by atoms with Crippen molar-refractivity contribution in [3.05, 3.63) is 52.1 Å². The highest BCUT2D eigenvalue weighted by atomic mass is 79.9. The van der Waals surface area contributed by atoms with E-state index < -0.39 is 11.6 Å². The lowest BCUT2D eigenvalue weighted by Gasteiger charge is -2.11. The molecule has 0 unspecified atom stereocenters. The smallest absolute Gasteiger partial charge is 0.223 e. The van der Waals surface area contributed by atoms with Gasteiger partial charge in [-0.3, -0.25) is 0 Å². The van der Waals surface area contributed by atoms with Crippen molar-refractivity contribution in [3.8, 4) is 11.6 Å². The van der Waals surface area contributed by atoms with Crippen molar-refractivity contribution < 1.29 is 13.5 Å². The van der Waals surface area contributed by atoms with Crippen LogP contribution in [0, 0.1) is 11.6 Å². The largest absolute Gasteiger partial charge is 0.435 e. The Bertz CT molecular complexity index is 593. The number of hydrogen-bond acceptors (Lipinski definition) is 3. The van der Waals surface area contributed by atoms with Gasteiger partial charge in [-0.15, -0.1) is 0 Å². The van der Waals surface area contributed by atoms with Crippen molar-refractivity contribution in [1.82, 2.24) is 10.3 Å². The number of hydrogen-bond donors (Lipinski definition) is 1. The molecule has 1 aromatic heterocycles. The van der Waals surface area contributed by atoms with Crippen LogP contribution in [0.3, 0.4) is 0 Å². The second-order valence-electron chi connectivity index (χ2n) is 3.80. The standard InChI is InChI=1S/C13H11BrF2N2O/c1-17-6-8-5-9(14)7-18-13(8)19-11-4-2-3-10(15)12(11)16/h2-5,7,17H,6H2,1H3. The molecule has 0 bridgehead atoms. The summed E-state index contributed by atoms with van der Waals surface area (Å²) in [6.45, 7) is 0.499. The summed E-state index contributed by atoms with van der Waals surface area (Å²) < 4.78 is 32.8. The normalized spacial score (nSPS) is 10.5. The van der Waals surface area contributed by atoms with Crippen LogP contribution in [0.4, 0.5) is 8.78 Å². The van der Waals surface area contributed by atoms with Crippen molar-refractivity contribution in [2.45, 2.75) is 6.54 Å². The number of nitrogens with one attached hydrogen (secondary N) is 1. The maximum absolute atomic E-state index is 13.5. The Morgan fingerprint density at radius 2 is 2.16 bits per heavy atom. The van der Waals surface area contributed by atoms with Gasteiger partial charge in [0.2, 0.25) is 11.7 Å². The van der Waals surface area contributed by atoms with Crippen LogP contribution in [0.25, 0.3) is 0 Å². The Morgan fingerprint density at radius 3 is 2.89 bits per heavy atom. The monoisotopic (exact) mass is 328 g/mol. The molecule has 0 fully saturated rings. The van der Waals surface area contributed by atoms with Gasteiger partial charge in [0, 0.05) is 22.8 Å². The van der Waals surface area contributed by atoms with E-state index in [9.17, 15) is 8.78 Å². The Labute approximate surface area is 117 Å². The maximum atomic E-state index is 13.5. The zero-order valence-corrected chi connectivity index (χ0v) is 11.7. The van der Waals surface area contributed by atoms with Gasteiger partial charge < -0.3 is 10.1 Å². The van der Waals surface area contributed by atoms with E-state index in [0.29, 0.717) is 6.54 Å². The van der Waals surface area contributed by atoms with Crippen molar-refractivity contribution in [1.29, 1.82) is 0 Å². The third kappa shape index (κ3) is 3.27. The molecule has 0 saturated carbocycles. The summed E-state index contributed by atoms with van der Waals surface area (Å²) in [6.07, 6.45) is 1.53. The Morgan fingerprint density at radius 1 is 1.37 bits per heavy atom. The minimum atomic E-state index is -1.03. The van der Waals surface area contributed by atoms with Gasteiger partial charge in [-0.25, -0.2) is 9.37 Å². The van der Waals surface area contributed by atoms with Crippen LogP contribution < -0.4 is 10.1 Å². The van der Waals surface area contributed by atoms with E-state index >= 15 is 0 Å². The SMILES string of the molecule is CNCc1cc(Br)cnc1Oc1cccc(F)c1F. The van der Waals surface area contributed by atoms with E-state index in [-0.39, 0.29) is 11.6 Å². The average Bonchev–Trinajstić information content (AvgIpc) is 2.38. The van der Waals surface area contributed by atoms with Gasteiger partial charge in [-0.1, -0.05) is 6.07 Å². The van der Waals surface area contributed by atoms with E-state index in [0.717, 1.165) is 16.1 Å². The van der Waals surface area contributed by atoms with Gasteiger partial charge in [0.25, 0.3) is 0 Å². The average molecular weight is 329 g/mol. The second-order valence-corrected chi connectivity index (χ2v) is 4.72. The van der Waals surface area contributed by atoms with E-state index in [1.165, 1.54) is 18.3 Å². The highest BCUT2D eigenvalue weighted by Gasteiger charge is 2.13. The summed E-state index contributed by atoms with van der Waals surface area (Å²) in [5.41, 5.74) is 0.737. The van der Waals surface area contributed by atoms with Gasteiger partial charge in [0.05, 0.1) is 0 Å². The lowest BCUT2D eigenvalue weighted by molar-refractivity contribution is 0.401. The summed E-state index contributed by atoms with van der Waals surface area (Å²) in [6, 6.07) is 5.57. The molecule has 1 N–H and O–H groups in total. The van der Waals surface area contributed by atoms with Gasteiger partial charge in [0.15, 0.2) is 11.6 Å². The molecule has 100 valence electrons. The van der Waals surface area contributed by atoms with Crippen LogP contribution in [-0.2, 0) is 6.54 Å². The fraction of sp³-hybridized carbons (Fsp3) is 0.154. The van der Waals surface area contributed by atoms with Crippen LogP contribution in [0.1, 0.15) is 5.56 Å². The Balaban J connectivity index is 2.35. The zero-order valence-electron chi connectivity index (χ0n) is 10.1. The molecule has 0 aliphatic rings. The molecule has 0 saturated heterocycles. The quantitative estimate of drug-likeness (QED) is 0.930. The van der Waals surface area contributed by atoms with Crippen molar-refractivity contribution in [2.75, 3.05) is 7.05 Å². The molecule has 1 aromatic carbocycles. The zero-order chi connectivity index (χ0) is 13.8. The van der Waals surface area contributed by atoms with E-state index in [1.807, 2.05) is 0 Å². The molecule has 0 amide bonds. The fourth-order valence-corrected chi connectivity index (χ4v) is 1.92. The first-order valence-corrected chi connectivity index (χ1v) is 6.32. The van der Waals surface area contributed by atoms with Crippen molar-refractivity contribution >= 4 is 15.9 Å². The number of halogens is 3. The minimum absolute atomic E-state index is 0.188. The molecule has 0 spiro atoms. The maximum Gasteiger partial charge on any atom is 0.223 e. The number of rotatable bonds is 4. The number of aromatic nitrogens is 1. The molecule has 19 heavy (non-hydrogen) atoms. The topological polar surface area (TPSA) is 34.2 Å². The third-order valence-electron chi connectivity index (χ3n) is 2.38. The summed E-state index contributed by atoms with van der Waals surface area (Å²) >= 11 is 3.30. The van der Waals surface area contributed by atoms with Gasteiger partial charge in [-0.2, -0.15) is 4.39 Å². The van der Waals surface area contributed by atoms with Crippen LogP contribution in [0.2, 0.25) is 0 Å². The minimum Gasteiger partial charge on any atom is -0.435 e. The van der Waals surface area contributed by atoms with Crippen molar-refractivity contribution in [2.24, 2.45) is 0 Å². The van der Waals surface area contributed by atoms with Crippen LogP contribution in [0.5, 0.6) is 11.6 Å². The Kier molecular flexibility index (Phi) is 4.44. The van der Waals surface area contributed by atoms with Crippen LogP contribution in [0.15, 0.2) is 34.9 Å².